The van der Waals surface area contributed by atoms with Crippen molar-refractivity contribution >= 4 is 11.6 Å². The number of anilines is 1. The molecule has 2 fully saturated rings. The molecular formula is C16H22N2O. The van der Waals surface area contributed by atoms with Crippen molar-refractivity contribution in [2.75, 3.05) is 11.4 Å². The summed E-state index contributed by atoms with van der Waals surface area (Å²) in [6.07, 6.45) is 3.42. The monoisotopic (exact) mass is 258 g/mol. The molecule has 3 nitrogen and oxygen atoms in total. The highest BCUT2D eigenvalue weighted by Crippen LogP contribution is 2.35. The first kappa shape index (κ1) is 12.7. The molecule has 1 amide bonds. The summed E-state index contributed by atoms with van der Waals surface area (Å²) in [6, 6.07) is 9.15. The second-order valence-corrected chi connectivity index (χ2v) is 5.76. The minimum absolute atomic E-state index is 0.179. The lowest BCUT2D eigenvalue weighted by Crippen LogP contribution is -2.41. The number of carbonyl (C=O) groups excluding carboxylic acids is 1. The molecule has 1 N–H and O–H groups in total. The molecule has 0 radical (unpaired) electrons. The van der Waals surface area contributed by atoms with Gasteiger partial charge in [-0.25, -0.2) is 0 Å². The number of fused-ring (bicyclic) bond motifs is 2. The average Bonchev–Trinajstić information content (AvgIpc) is 3.04. The Balaban J connectivity index is 1.83. The fourth-order valence-corrected chi connectivity index (χ4v) is 3.61. The van der Waals surface area contributed by atoms with E-state index in [1.165, 1.54) is 12.0 Å². The highest BCUT2D eigenvalue weighted by atomic mass is 16.2. The van der Waals surface area contributed by atoms with Crippen LogP contribution in [-0.2, 0) is 4.79 Å². The zero-order valence-electron chi connectivity index (χ0n) is 11.7. The van der Waals surface area contributed by atoms with Gasteiger partial charge in [-0.1, -0.05) is 18.2 Å². The van der Waals surface area contributed by atoms with Gasteiger partial charge in [-0.3, -0.25) is 4.79 Å². The Hall–Kier alpha value is -1.35. The molecule has 2 aliphatic heterocycles. The maximum atomic E-state index is 12.8. The van der Waals surface area contributed by atoms with Crippen molar-refractivity contribution in [3.63, 3.8) is 0 Å². The van der Waals surface area contributed by atoms with Gasteiger partial charge in [-0.05, 0) is 44.7 Å². The molecule has 2 bridgehead atoms. The number of benzene rings is 1. The summed E-state index contributed by atoms with van der Waals surface area (Å²) < 4.78 is 0. The number of nitrogens with zero attached hydrogens (tertiary/aromatic N) is 1. The van der Waals surface area contributed by atoms with Crippen molar-refractivity contribution in [3.05, 3.63) is 29.8 Å². The summed E-state index contributed by atoms with van der Waals surface area (Å²) in [5.74, 6) is 0.481. The van der Waals surface area contributed by atoms with Gasteiger partial charge in [0.15, 0.2) is 0 Å². The van der Waals surface area contributed by atoms with Gasteiger partial charge in [0.2, 0.25) is 5.91 Å². The quantitative estimate of drug-likeness (QED) is 0.903. The van der Waals surface area contributed by atoms with Crippen molar-refractivity contribution < 1.29 is 4.79 Å². The van der Waals surface area contributed by atoms with Gasteiger partial charge in [-0.2, -0.15) is 0 Å². The second kappa shape index (κ2) is 4.97. The van der Waals surface area contributed by atoms with Gasteiger partial charge in [0.05, 0.1) is 5.92 Å². The third-order valence-electron chi connectivity index (χ3n) is 4.61. The van der Waals surface area contributed by atoms with E-state index in [-0.39, 0.29) is 5.92 Å². The summed E-state index contributed by atoms with van der Waals surface area (Å²) in [6.45, 7) is 4.88. The number of hydrogen-bond donors (Lipinski definition) is 1. The molecular weight excluding hydrogens is 236 g/mol. The molecule has 2 aliphatic rings. The Morgan fingerprint density at radius 1 is 1.37 bits per heavy atom. The zero-order chi connectivity index (χ0) is 13.4. The predicted molar refractivity (Wildman–Crippen MR) is 77.3 cm³/mol. The Kier molecular flexibility index (Phi) is 3.31. The predicted octanol–water partition coefficient (Wildman–Crippen LogP) is 2.49. The summed E-state index contributed by atoms with van der Waals surface area (Å²) >= 11 is 0. The maximum absolute atomic E-state index is 12.8. The molecule has 2 saturated heterocycles. The summed E-state index contributed by atoms with van der Waals surface area (Å²) in [4.78, 5) is 14.8. The minimum atomic E-state index is 0.179. The Morgan fingerprint density at radius 2 is 2.16 bits per heavy atom. The SMILES string of the molecule is CCN(C(=O)C1CC2CCC1N2)c1ccccc1C. The summed E-state index contributed by atoms with van der Waals surface area (Å²) in [5.41, 5.74) is 2.24. The largest absolute Gasteiger partial charge is 0.312 e. The van der Waals surface area contributed by atoms with Crippen LogP contribution in [0.4, 0.5) is 5.69 Å². The maximum Gasteiger partial charge on any atom is 0.231 e. The molecule has 2 heterocycles. The van der Waals surface area contributed by atoms with E-state index in [0.29, 0.717) is 18.0 Å². The van der Waals surface area contributed by atoms with Crippen molar-refractivity contribution in [2.24, 2.45) is 5.92 Å². The van der Waals surface area contributed by atoms with Gasteiger partial charge in [0.25, 0.3) is 0 Å². The first-order valence-corrected chi connectivity index (χ1v) is 7.33. The molecule has 3 unspecified atom stereocenters. The van der Waals surface area contributed by atoms with Crippen LogP contribution in [-0.4, -0.2) is 24.5 Å². The molecule has 3 heteroatoms. The van der Waals surface area contributed by atoms with Crippen LogP contribution in [0, 0.1) is 12.8 Å². The van der Waals surface area contributed by atoms with Gasteiger partial charge in [-0.15, -0.1) is 0 Å². The highest BCUT2D eigenvalue weighted by Gasteiger charge is 2.44. The topological polar surface area (TPSA) is 32.3 Å². The molecule has 0 aliphatic carbocycles. The number of para-hydroxylation sites is 1. The van der Waals surface area contributed by atoms with Gasteiger partial charge in [0.1, 0.15) is 0 Å². The Bertz CT molecular complexity index is 485. The Morgan fingerprint density at radius 3 is 2.74 bits per heavy atom. The van der Waals surface area contributed by atoms with Crippen molar-refractivity contribution in [1.82, 2.24) is 5.32 Å². The van der Waals surface area contributed by atoms with Gasteiger partial charge < -0.3 is 10.2 Å². The zero-order valence-corrected chi connectivity index (χ0v) is 11.7. The van der Waals surface area contributed by atoms with Crippen LogP contribution >= 0.6 is 0 Å². The number of nitrogens with one attached hydrogen (secondary N) is 1. The van der Waals surface area contributed by atoms with E-state index in [2.05, 4.69) is 31.3 Å². The molecule has 3 rings (SSSR count). The fraction of sp³-hybridized carbons (Fsp3) is 0.562. The number of hydrogen-bond acceptors (Lipinski definition) is 2. The lowest BCUT2D eigenvalue weighted by molar-refractivity contribution is -0.122. The lowest BCUT2D eigenvalue weighted by atomic mass is 9.88. The smallest absolute Gasteiger partial charge is 0.231 e. The minimum Gasteiger partial charge on any atom is -0.312 e. The lowest BCUT2D eigenvalue weighted by Gasteiger charge is -2.29. The van der Waals surface area contributed by atoms with E-state index in [4.69, 9.17) is 0 Å². The molecule has 1 aromatic rings. The van der Waals surface area contributed by atoms with E-state index in [9.17, 15) is 4.79 Å². The van der Waals surface area contributed by atoms with Crippen molar-refractivity contribution in [2.45, 2.75) is 45.2 Å². The van der Waals surface area contributed by atoms with Crippen LogP contribution in [0.3, 0.4) is 0 Å². The van der Waals surface area contributed by atoms with Crippen LogP contribution in [0.15, 0.2) is 24.3 Å². The highest BCUT2D eigenvalue weighted by molar-refractivity contribution is 5.96. The first-order chi connectivity index (χ1) is 9.20. The molecule has 0 saturated carbocycles. The number of carbonyl (C=O) groups is 1. The molecule has 0 aromatic heterocycles. The third kappa shape index (κ3) is 2.16. The number of rotatable bonds is 3. The standard InChI is InChI=1S/C16H22N2O/c1-3-18(15-7-5-4-6-11(15)2)16(19)13-10-12-8-9-14(13)17-12/h4-7,12-14,17H,3,8-10H2,1-2H3. The van der Waals surface area contributed by atoms with Crippen molar-refractivity contribution in [1.29, 1.82) is 0 Å². The summed E-state index contributed by atoms with van der Waals surface area (Å²) in [5, 5.41) is 3.56. The average molecular weight is 258 g/mol. The van der Waals surface area contributed by atoms with E-state index >= 15 is 0 Å². The van der Waals surface area contributed by atoms with Gasteiger partial charge >= 0.3 is 0 Å². The Labute approximate surface area is 115 Å². The van der Waals surface area contributed by atoms with E-state index < -0.39 is 0 Å². The molecule has 3 atom stereocenters. The van der Waals surface area contributed by atoms with E-state index in [0.717, 1.165) is 25.1 Å². The number of aryl methyl sites for hydroxylation is 1. The normalized spacial score (nSPS) is 28.6. The second-order valence-electron chi connectivity index (χ2n) is 5.76. The third-order valence-corrected chi connectivity index (χ3v) is 4.61. The van der Waals surface area contributed by atoms with E-state index in [1.807, 2.05) is 17.0 Å². The van der Waals surface area contributed by atoms with Crippen LogP contribution in [0.25, 0.3) is 0 Å². The fourth-order valence-electron chi connectivity index (χ4n) is 3.61. The molecule has 0 spiro atoms. The molecule has 102 valence electrons. The number of amides is 1. The van der Waals surface area contributed by atoms with E-state index in [1.54, 1.807) is 0 Å². The first-order valence-electron chi connectivity index (χ1n) is 7.33. The van der Waals surface area contributed by atoms with Crippen LogP contribution in [0.1, 0.15) is 31.7 Å². The van der Waals surface area contributed by atoms with Crippen LogP contribution in [0.5, 0.6) is 0 Å². The molecule has 19 heavy (non-hydrogen) atoms. The van der Waals surface area contributed by atoms with Crippen molar-refractivity contribution in [3.8, 4) is 0 Å². The summed E-state index contributed by atoms with van der Waals surface area (Å²) in [7, 11) is 0. The van der Waals surface area contributed by atoms with Crippen LogP contribution < -0.4 is 10.2 Å². The van der Waals surface area contributed by atoms with Crippen LogP contribution in [0.2, 0.25) is 0 Å². The van der Waals surface area contributed by atoms with Gasteiger partial charge in [0, 0.05) is 24.3 Å². The molecule has 1 aromatic carbocycles.